The summed E-state index contributed by atoms with van der Waals surface area (Å²) in [5.41, 5.74) is 13.3. The maximum absolute atomic E-state index is 14.1. The molecule has 2 aromatic carbocycles. The van der Waals surface area contributed by atoms with E-state index in [9.17, 15) is 4.39 Å². The molecular formula is C14H15ClFN3O. The highest BCUT2D eigenvalue weighted by Crippen LogP contribution is 2.36. The molecule has 0 atom stereocenters. The molecule has 0 bridgehead atoms. The third-order valence-electron chi connectivity index (χ3n) is 2.96. The maximum Gasteiger partial charge on any atom is 0.169 e. The molecule has 0 saturated carbocycles. The molecule has 0 unspecified atom stereocenters. The fraction of sp³-hybridized carbons (Fsp3) is 0.143. The zero-order chi connectivity index (χ0) is 14.9. The van der Waals surface area contributed by atoms with E-state index in [1.165, 1.54) is 6.07 Å². The predicted octanol–water partition coefficient (Wildman–Crippen LogP) is 3.70. The van der Waals surface area contributed by atoms with Gasteiger partial charge in [0, 0.05) is 5.69 Å². The number of hydrogen-bond donors (Lipinski definition) is 3. The van der Waals surface area contributed by atoms with Crippen molar-refractivity contribution in [2.75, 3.05) is 23.9 Å². The lowest BCUT2D eigenvalue weighted by molar-refractivity contribution is 0.414. The maximum atomic E-state index is 14.1. The smallest absolute Gasteiger partial charge is 0.169 e. The number of halogens is 2. The van der Waals surface area contributed by atoms with Crippen LogP contribution in [0.1, 0.15) is 5.56 Å². The molecule has 0 saturated heterocycles. The Balaban J connectivity index is 2.43. The van der Waals surface area contributed by atoms with E-state index in [2.05, 4.69) is 5.32 Å². The third-order valence-corrected chi connectivity index (χ3v) is 3.34. The SMILES string of the molecule is COc1ccc(Nc2c(N)cc(N)c(Cl)c2F)c(C)c1. The van der Waals surface area contributed by atoms with Crippen molar-refractivity contribution >= 4 is 34.4 Å². The molecule has 0 amide bonds. The highest BCUT2D eigenvalue weighted by molar-refractivity contribution is 6.33. The van der Waals surface area contributed by atoms with E-state index in [0.717, 1.165) is 11.3 Å². The molecule has 106 valence electrons. The number of nitrogens with one attached hydrogen (secondary N) is 1. The van der Waals surface area contributed by atoms with Crippen LogP contribution in [0.2, 0.25) is 5.02 Å². The molecular weight excluding hydrogens is 281 g/mol. The summed E-state index contributed by atoms with van der Waals surface area (Å²) in [6, 6.07) is 6.79. The van der Waals surface area contributed by atoms with Crippen LogP contribution in [0.25, 0.3) is 0 Å². The number of ether oxygens (including phenoxy) is 1. The summed E-state index contributed by atoms with van der Waals surface area (Å²) >= 11 is 5.79. The lowest BCUT2D eigenvalue weighted by atomic mass is 10.1. The molecule has 6 heteroatoms. The molecule has 20 heavy (non-hydrogen) atoms. The van der Waals surface area contributed by atoms with Gasteiger partial charge in [0.1, 0.15) is 10.8 Å². The van der Waals surface area contributed by atoms with Crippen LogP contribution in [-0.2, 0) is 0 Å². The Labute approximate surface area is 121 Å². The number of nitrogens with two attached hydrogens (primary N) is 2. The number of anilines is 4. The van der Waals surface area contributed by atoms with E-state index >= 15 is 0 Å². The lowest BCUT2D eigenvalue weighted by Crippen LogP contribution is -2.03. The van der Waals surface area contributed by atoms with Crippen LogP contribution in [0.4, 0.5) is 27.1 Å². The minimum atomic E-state index is -0.667. The molecule has 0 radical (unpaired) electrons. The van der Waals surface area contributed by atoms with Gasteiger partial charge in [-0.3, -0.25) is 0 Å². The monoisotopic (exact) mass is 295 g/mol. The van der Waals surface area contributed by atoms with Crippen LogP contribution in [0.5, 0.6) is 5.75 Å². The first kappa shape index (κ1) is 14.3. The Morgan fingerprint density at radius 3 is 2.50 bits per heavy atom. The summed E-state index contributed by atoms with van der Waals surface area (Å²) in [5, 5.41) is 2.79. The summed E-state index contributed by atoms with van der Waals surface area (Å²) < 4.78 is 19.2. The Morgan fingerprint density at radius 2 is 1.90 bits per heavy atom. The van der Waals surface area contributed by atoms with Crippen LogP contribution in [-0.4, -0.2) is 7.11 Å². The number of benzene rings is 2. The second kappa shape index (κ2) is 5.46. The van der Waals surface area contributed by atoms with Gasteiger partial charge in [0.25, 0.3) is 0 Å². The number of nitrogen functional groups attached to an aromatic ring is 2. The van der Waals surface area contributed by atoms with Gasteiger partial charge in [-0.1, -0.05) is 11.6 Å². The van der Waals surface area contributed by atoms with Crippen molar-refractivity contribution in [1.82, 2.24) is 0 Å². The average Bonchev–Trinajstić information content (AvgIpc) is 2.42. The zero-order valence-corrected chi connectivity index (χ0v) is 11.9. The molecule has 5 N–H and O–H groups in total. The van der Waals surface area contributed by atoms with Gasteiger partial charge in [-0.05, 0) is 36.8 Å². The van der Waals surface area contributed by atoms with E-state index in [4.69, 9.17) is 27.8 Å². The van der Waals surface area contributed by atoms with Gasteiger partial charge in [-0.15, -0.1) is 0 Å². The van der Waals surface area contributed by atoms with Gasteiger partial charge in [-0.2, -0.15) is 0 Å². The summed E-state index contributed by atoms with van der Waals surface area (Å²) in [6.45, 7) is 1.87. The summed E-state index contributed by atoms with van der Waals surface area (Å²) in [5.74, 6) is 0.0521. The molecule has 0 aliphatic carbocycles. The first-order valence-electron chi connectivity index (χ1n) is 5.88. The van der Waals surface area contributed by atoms with E-state index in [1.54, 1.807) is 19.2 Å². The fourth-order valence-corrected chi connectivity index (χ4v) is 1.98. The minimum absolute atomic E-state index is 0.109. The molecule has 0 spiro atoms. The molecule has 0 heterocycles. The van der Waals surface area contributed by atoms with Crippen molar-refractivity contribution in [3.05, 3.63) is 40.7 Å². The van der Waals surface area contributed by atoms with E-state index < -0.39 is 5.82 Å². The van der Waals surface area contributed by atoms with Gasteiger partial charge in [-0.25, -0.2) is 4.39 Å². The first-order valence-corrected chi connectivity index (χ1v) is 6.26. The lowest BCUT2D eigenvalue weighted by Gasteiger charge is -2.15. The van der Waals surface area contributed by atoms with Crippen molar-refractivity contribution < 1.29 is 9.13 Å². The predicted molar refractivity (Wildman–Crippen MR) is 81.2 cm³/mol. The van der Waals surface area contributed by atoms with Crippen LogP contribution < -0.4 is 21.5 Å². The number of hydrogen-bond acceptors (Lipinski definition) is 4. The van der Waals surface area contributed by atoms with Gasteiger partial charge < -0.3 is 21.5 Å². The van der Waals surface area contributed by atoms with Crippen molar-refractivity contribution in [3.8, 4) is 5.75 Å². The second-order valence-electron chi connectivity index (χ2n) is 4.36. The third kappa shape index (κ3) is 2.58. The Kier molecular flexibility index (Phi) is 3.90. The van der Waals surface area contributed by atoms with Crippen molar-refractivity contribution in [2.45, 2.75) is 6.92 Å². The van der Waals surface area contributed by atoms with E-state index in [1.807, 2.05) is 13.0 Å². The zero-order valence-electron chi connectivity index (χ0n) is 11.1. The van der Waals surface area contributed by atoms with Gasteiger partial charge in [0.2, 0.25) is 0 Å². The quantitative estimate of drug-likeness (QED) is 0.755. The highest BCUT2D eigenvalue weighted by Gasteiger charge is 2.15. The van der Waals surface area contributed by atoms with Crippen molar-refractivity contribution in [3.63, 3.8) is 0 Å². The van der Waals surface area contributed by atoms with Gasteiger partial charge >= 0.3 is 0 Å². The molecule has 2 rings (SSSR count). The minimum Gasteiger partial charge on any atom is -0.497 e. The van der Waals surface area contributed by atoms with Crippen LogP contribution >= 0.6 is 11.6 Å². The van der Waals surface area contributed by atoms with Crippen LogP contribution in [0.3, 0.4) is 0 Å². The average molecular weight is 296 g/mol. The van der Waals surface area contributed by atoms with Crippen molar-refractivity contribution in [2.24, 2.45) is 0 Å². The summed E-state index contributed by atoms with van der Waals surface area (Å²) in [6.07, 6.45) is 0. The second-order valence-corrected chi connectivity index (χ2v) is 4.74. The Bertz CT molecular complexity index is 661. The highest BCUT2D eigenvalue weighted by atomic mass is 35.5. The van der Waals surface area contributed by atoms with Gasteiger partial charge in [0.15, 0.2) is 5.82 Å². The fourth-order valence-electron chi connectivity index (χ4n) is 1.83. The molecule has 2 aromatic rings. The van der Waals surface area contributed by atoms with Gasteiger partial charge in [0.05, 0.1) is 24.2 Å². The summed E-state index contributed by atoms with van der Waals surface area (Å²) in [4.78, 5) is 0. The normalized spacial score (nSPS) is 10.4. The Hall–Kier alpha value is -2.14. The molecule has 0 aliphatic heterocycles. The molecule has 0 fully saturated rings. The standard InChI is InChI=1S/C14H15ClFN3O/c1-7-5-8(20-2)3-4-11(7)19-14-10(18)6-9(17)12(15)13(14)16/h3-6,19H,17-18H2,1-2H3. The van der Waals surface area contributed by atoms with E-state index in [-0.39, 0.29) is 22.1 Å². The van der Waals surface area contributed by atoms with Crippen molar-refractivity contribution in [1.29, 1.82) is 0 Å². The van der Waals surface area contributed by atoms with Crippen LogP contribution in [0.15, 0.2) is 24.3 Å². The Morgan fingerprint density at radius 1 is 1.20 bits per heavy atom. The molecule has 0 aromatic heterocycles. The summed E-state index contributed by atoms with van der Waals surface area (Å²) in [7, 11) is 1.58. The largest absolute Gasteiger partial charge is 0.497 e. The number of aryl methyl sites for hydroxylation is 1. The van der Waals surface area contributed by atoms with E-state index in [0.29, 0.717) is 5.69 Å². The topological polar surface area (TPSA) is 73.3 Å². The number of rotatable bonds is 3. The molecule has 0 aliphatic rings. The first-order chi connectivity index (χ1) is 9.43. The van der Waals surface area contributed by atoms with Crippen LogP contribution in [0, 0.1) is 12.7 Å². The number of methoxy groups -OCH3 is 1. The molecule has 4 nitrogen and oxygen atoms in total.